The molecule has 2 N–H and O–H groups in total. The van der Waals surface area contributed by atoms with Crippen LogP contribution in [0.4, 0.5) is 17.6 Å². The van der Waals surface area contributed by atoms with E-state index in [9.17, 15) is 27.2 Å². The summed E-state index contributed by atoms with van der Waals surface area (Å²) in [5, 5.41) is 6.27. The summed E-state index contributed by atoms with van der Waals surface area (Å²) in [4.78, 5) is 27.5. The van der Waals surface area contributed by atoms with E-state index in [4.69, 9.17) is 0 Å². The molecule has 2 aromatic heterocycles. The largest absolute Gasteiger partial charge is 0.439 e. The van der Waals surface area contributed by atoms with Crippen molar-refractivity contribution in [3.63, 3.8) is 0 Å². The van der Waals surface area contributed by atoms with Crippen molar-refractivity contribution in [1.29, 1.82) is 0 Å². The van der Waals surface area contributed by atoms with Crippen LogP contribution < -0.4 is 11.1 Å². The van der Waals surface area contributed by atoms with Crippen molar-refractivity contribution >= 4 is 17.2 Å². The number of rotatable bonds is 5. The van der Waals surface area contributed by atoms with Crippen LogP contribution in [0.5, 0.6) is 0 Å². The van der Waals surface area contributed by atoms with E-state index < -0.39 is 34.6 Å². The Bertz CT molecular complexity index is 1130. The molecule has 1 aliphatic carbocycles. The fraction of sp³-hybridized carbons (Fsp3) is 0.278. The molecule has 3 aromatic rings. The summed E-state index contributed by atoms with van der Waals surface area (Å²) in [6.07, 6.45) is -4.01. The summed E-state index contributed by atoms with van der Waals surface area (Å²) in [6, 6.07) is 5.64. The van der Waals surface area contributed by atoms with Gasteiger partial charge in [-0.15, -0.1) is 11.3 Å². The van der Waals surface area contributed by atoms with E-state index >= 15 is 0 Å². The maximum absolute atomic E-state index is 13.7. The summed E-state index contributed by atoms with van der Waals surface area (Å²) in [5.74, 6) is -1.91. The van der Waals surface area contributed by atoms with Crippen LogP contribution in [0, 0.1) is 5.82 Å². The lowest BCUT2D eigenvalue weighted by Crippen LogP contribution is -2.34. The number of H-pyrrole nitrogens is 1. The van der Waals surface area contributed by atoms with E-state index in [1.807, 2.05) is 0 Å². The van der Waals surface area contributed by atoms with Crippen molar-refractivity contribution in [3.8, 4) is 10.7 Å². The number of benzene rings is 1. The number of aromatic amines is 1. The molecule has 6 nitrogen and oxygen atoms in total. The molecule has 0 bridgehead atoms. The molecule has 2 heterocycles. The standard InChI is InChI=1S/C18H13F4N3O3S/c19-11-6-9(5-10(7-11)18(20,21)22)17(3-4-17)15(26)23-8-12-1-2-13(29-12)14-24-16(27)28-25-14/h1-2,5-7H,3-4,8H2,(H,23,26)(H,24,25,27). The molecule has 0 saturated heterocycles. The quantitative estimate of drug-likeness (QED) is 0.609. The number of carbonyl (C=O) groups is 1. The molecule has 4 rings (SSSR count). The zero-order chi connectivity index (χ0) is 20.8. The highest BCUT2D eigenvalue weighted by Crippen LogP contribution is 2.49. The van der Waals surface area contributed by atoms with Crippen LogP contribution in [-0.2, 0) is 22.9 Å². The van der Waals surface area contributed by atoms with Crippen molar-refractivity contribution in [2.24, 2.45) is 0 Å². The molecule has 1 saturated carbocycles. The Kier molecular flexibility index (Phi) is 4.56. The summed E-state index contributed by atoms with van der Waals surface area (Å²) in [7, 11) is 0. The molecule has 1 fully saturated rings. The van der Waals surface area contributed by atoms with Crippen LogP contribution in [0.3, 0.4) is 0 Å². The molecular weight excluding hydrogens is 414 g/mol. The van der Waals surface area contributed by atoms with Gasteiger partial charge in [-0.25, -0.2) is 9.18 Å². The van der Waals surface area contributed by atoms with Crippen LogP contribution in [0.2, 0.25) is 0 Å². The van der Waals surface area contributed by atoms with Gasteiger partial charge in [-0.2, -0.15) is 13.2 Å². The van der Waals surface area contributed by atoms with Crippen molar-refractivity contribution in [2.75, 3.05) is 0 Å². The minimum Gasteiger partial charge on any atom is -0.350 e. The maximum atomic E-state index is 13.7. The highest BCUT2D eigenvalue weighted by Gasteiger charge is 2.52. The smallest absolute Gasteiger partial charge is 0.350 e. The van der Waals surface area contributed by atoms with E-state index in [1.165, 1.54) is 11.3 Å². The maximum Gasteiger partial charge on any atom is 0.439 e. The van der Waals surface area contributed by atoms with E-state index in [1.54, 1.807) is 12.1 Å². The van der Waals surface area contributed by atoms with Crippen molar-refractivity contribution in [2.45, 2.75) is 31.0 Å². The Morgan fingerprint density at radius 2 is 2.03 bits per heavy atom. The van der Waals surface area contributed by atoms with Gasteiger partial charge in [0.25, 0.3) is 0 Å². The molecule has 11 heteroatoms. The number of alkyl halides is 3. The molecule has 0 spiro atoms. The lowest BCUT2D eigenvalue weighted by Gasteiger charge is -2.17. The van der Waals surface area contributed by atoms with Gasteiger partial charge in [0.2, 0.25) is 5.91 Å². The summed E-state index contributed by atoms with van der Waals surface area (Å²) in [5.41, 5.74) is -2.25. The Morgan fingerprint density at radius 3 is 2.66 bits per heavy atom. The molecule has 0 aliphatic heterocycles. The normalized spacial score (nSPS) is 15.3. The highest BCUT2D eigenvalue weighted by atomic mass is 32.1. The van der Waals surface area contributed by atoms with Crippen LogP contribution in [0.15, 0.2) is 39.6 Å². The molecule has 0 radical (unpaired) electrons. The minimum absolute atomic E-state index is 0.0226. The fourth-order valence-corrected chi connectivity index (χ4v) is 3.96. The fourth-order valence-electron chi connectivity index (χ4n) is 3.07. The van der Waals surface area contributed by atoms with Crippen molar-refractivity contribution in [1.82, 2.24) is 15.5 Å². The third-order valence-electron chi connectivity index (χ3n) is 4.72. The van der Waals surface area contributed by atoms with Gasteiger partial charge in [-0.1, -0.05) is 5.16 Å². The van der Waals surface area contributed by atoms with Gasteiger partial charge in [0, 0.05) is 4.88 Å². The van der Waals surface area contributed by atoms with Crippen LogP contribution in [0.25, 0.3) is 10.7 Å². The Morgan fingerprint density at radius 1 is 1.28 bits per heavy atom. The first-order chi connectivity index (χ1) is 13.7. The third kappa shape index (κ3) is 3.82. The first-order valence-corrected chi connectivity index (χ1v) is 9.31. The molecule has 152 valence electrons. The van der Waals surface area contributed by atoms with E-state index in [2.05, 4.69) is 20.0 Å². The first kappa shape index (κ1) is 19.4. The number of hydrogen-bond acceptors (Lipinski definition) is 5. The minimum atomic E-state index is -4.70. The number of hydrogen-bond donors (Lipinski definition) is 2. The van der Waals surface area contributed by atoms with Crippen LogP contribution >= 0.6 is 11.3 Å². The number of aromatic nitrogens is 2. The van der Waals surface area contributed by atoms with E-state index in [0.717, 1.165) is 17.0 Å². The summed E-state index contributed by atoms with van der Waals surface area (Å²) in [6.45, 7) is 0.134. The lowest BCUT2D eigenvalue weighted by molar-refractivity contribution is -0.138. The SMILES string of the molecule is O=C(NCc1ccc(-c2noc(=O)[nH]2)s1)C1(c2cc(F)cc(C(F)(F)F)c2)CC1. The predicted molar refractivity (Wildman–Crippen MR) is 94.6 cm³/mol. The van der Waals surface area contributed by atoms with E-state index in [-0.39, 0.29) is 17.9 Å². The van der Waals surface area contributed by atoms with Crippen molar-refractivity contribution in [3.05, 3.63) is 62.7 Å². The second-order valence-corrected chi connectivity index (χ2v) is 7.87. The molecule has 29 heavy (non-hydrogen) atoms. The number of thiophene rings is 1. The van der Waals surface area contributed by atoms with Gasteiger partial charge in [-0.05, 0) is 48.7 Å². The summed E-state index contributed by atoms with van der Waals surface area (Å²) >= 11 is 1.26. The molecule has 1 aromatic carbocycles. The Hall–Kier alpha value is -2.95. The number of halogens is 4. The van der Waals surface area contributed by atoms with Gasteiger partial charge >= 0.3 is 11.9 Å². The van der Waals surface area contributed by atoms with Gasteiger partial charge in [0.15, 0.2) is 5.82 Å². The molecular formula is C18H13F4N3O3S. The number of carbonyl (C=O) groups excluding carboxylic acids is 1. The second kappa shape index (κ2) is 6.83. The molecule has 0 unspecified atom stereocenters. The zero-order valence-electron chi connectivity index (χ0n) is 14.6. The second-order valence-electron chi connectivity index (χ2n) is 6.70. The van der Waals surface area contributed by atoms with Crippen LogP contribution in [-0.4, -0.2) is 16.0 Å². The molecule has 1 aliphatic rings. The van der Waals surface area contributed by atoms with Gasteiger partial charge in [-0.3, -0.25) is 14.3 Å². The average molecular weight is 427 g/mol. The molecule has 0 atom stereocenters. The van der Waals surface area contributed by atoms with Gasteiger partial charge in [0.05, 0.1) is 22.4 Å². The zero-order valence-corrected chi connectivity index (χ0v) is 15.4. The molecule has 1 amide bonds. The van der Waals surface area contributed by atoms with Crippen molar-refractivity contribution < 1.29 is 26.9 Å². The Labute approximate surface area is 164 Å². The predicted octanol–water partition coefficient (Wildman–Crippen LogP) is 3.60. The van der Waals surface area contributed by atoms with Gasteiger partial charge < -0.3 is 5.32 Å². The lowest BCUT2D eigenvalue weighted by atomic mass is 9.93. The third-order valence-corrected chi connectivity index (χ3v) is 5.81. The average Bonchev–Trinajstić information content (AvgIpc) is 3.14. The highest BCUT2D eigenvalue weighted by molar-refractivity contribution is 7.15. The number of nitrogens with one attached hydrogen (secondary N) is 2. The van der Waals surface area contributed by atoms with Crippen LogP contribution in [0.1, 0.15) is 28.8 Å². The topological polar surface area (TPSA) is 88.0 Å². The monoisotopic (exact) mass is 427 g/mol. The first-order valence-electron chi connectivity index (χ1n) is 8.49. The van der Waals surface area contributed by atoms with Gasteiger partial charge in [0.1, 0.15) is 5.82 Å². The summed E-state index contributed by atoms with van der Waals surface area (Å²) < 4.78 is 57.1. The van der Waals surface area contributed by atoms with E-state index in [0.29, 0.717) is 23.8 Å². The number of nitrogens with zero attached hydrogens (tertiary/aromatic N) is 1. The Balaban J connectivity index is 1.49. The number of amides is 1.